The van der Waals surface area contributed by atoms with Crippen molar-refractivity contribution in [1.82, 2.24) is 20.2 Å². The van der Waals surface area contributed by atoms with Gasteiger partial charge in [0, 0.05) is 43.5 Å². The standard InChI is InChI=1S/C21H28N4O3/c26-18-11-15(21(28-18)7-2-1-3-8-21)20(27)25-10-4-5-17(25)19-23-13-14-12-22-9-6-16(14)24-19/h13,15,17,22H,1-12H2/t15-,17+/m0/s1. The molecule has 1 aromatic rings. The monoisotopic (exact) mass is 384 g/mol. The van der Waals surface area contributed by atoms with E-state index in [-0.39, 0.29) is 30.3 Å². The average molecular weight is 384 g/mol. The SMILES string of the molecule is O=C1C[C@@H](C(=O)N2CCC[C@@H]2c2ncc3c(n2)CCNC3)C2(CCCCC2)O1. The third-order valence-corrected chi connectivity index (χ3v) is 6.98. The topological polar surface area (TPSA) is 84.4 Å². The van der Waals surface area contributed by atoms with Gasteiger partial charge in [-0.3, -0.25) is 9.59 Å². The predicted molar refractivity (Wildman–Crippen MR) is 101 cm³/mol. The van der Waals surface area contributed by atoms with Crippen molar-refractivity contribution in [3.05, 3.63) is 23.3 Å². The number of esters is 1. The Labute approximate surface area is 165 Å². The van der Waals surface area contributed by atoms with Crippen LogP contribution in [-0.4, -0.2) is 45.4 Å². The summed E-state index contributed by atoms with van der Waals surface area (Å²) < 4.78 is 5.77. The molecule has 1 aliphatic carbocycles. The van der Waals surface area contributed by atoms with Gasteiger partial charge in [-0.2, -0.15) is 0 Å². The number of hydrogen-bond acceptors (Lipinski definition) is 6. The highest BCUT2D eigenvalue weighted by atomic mass is 16.6. The molecule has 1 saturated carbocycles. The Hall–Kier alpha value is -2.02. The first-order valence-electron chi connectivity index (χ1n) is 10.7. The van der Waals surface area contributed by atoms with Crippen LogP contribution in [0.25, 0.3) is 0 Å². The highest BCUT2D eigenvalue weighted by Gasteiger charge is 2.54. The summed E-state index contributed by atoms with van der Waals surface area (Å²) in [6.07, 6.45) is 9.72. The summed E-state index contributed by atoms with van der Waals surface area (Å²) in [5.41, 5.74) is 1.69. The Bertz CT molecular complexity index is 790. The molecule has 1 aromatic heterocycles. The number of rotatable bonds is 2. The fourth-order valence-corrected chi connectivity index (χ4v) is 5.52. The first-order valence-corrected chi connectivity index (χ1v) is 10.7. The maximum absolute atomic E-state index is 13.6. The number of likely N-dealkylation sites (tertiary alicyclic amines) is 1. The molecule has 4 heterocycles. The zero-order chi connectivity index (χ0) is 19.1. The molecule has 7 heteroatoms. The normalized spacial score (nSPS) is 29.0. The van der Waals surface area contributed by atoms with E-state index >= 15 is 0 Å². The molecule has 0 bridgehead atoms. The van der Waals surface area contributed by atoms with Crippen LogP contribution in [-0.2, 0) is 27.3 Å². The van der Waals surface area contributed by atoms with Crippen LogP contribution in [0.5, 0.6) is 0 Å². The van der Waals surface area contributed by atoms with Crippen molar-refractivity contribution in [1.29, 1.82) is 0 Å². The predicted octanol–water partition coefficient (Wildman–Crippen LogP) is 2.05. The van der Waals surface area contributed by atoms with Crippen LogP contribution in [0, 0.1) is 5.92 Å². The second-order valence-electron chi connectivity index (χ2n) is 8.67. The molecular formula is C21H28N4O3. The lowest BCUT2D eigenvalue weighted by Crippen LogP contribution is -2.47. The molecule has 1 N–H and O–H groups in total. The number of hydrogen-bond donors (Lipinski definition) is 1. The largest absolute Gasteiger partial charge is 0.458 e. The molecule has 1 amide bonds. The van der Waals surface area contributed by atoms with Gasteiger partial charge in [-0.05, 0) is 38.5 Å². The van der Waals surface area contributed by atoms with E-state index in [0.29, 0.717) is 6.54 Å². The number of aromatic nitrogens is 2. The van der Waals surface area contributed by atoms with Gasteiger partial charge >= 0.3 is 5.97 Å². The second kappa shape index (κ2) is 7.10. The quantitative estimate of drug-likeness (QED) is 0.786. The number of fused-ring (bicyclic) bond motifs is 1. The van der Waals surface area contributed by atoms with Crippen molar-refractivity contribution in [2.45, 2.75) is 76.0 Å². The number of ether oxygens (including phenoxy) is 1. The van der Waals surface area contributed by atoms with Gasteiger partial charge in [0.25, 0.3) is 0 Å². The minimum absolute atomic E-state index is 0.0678. The first kappa shape index (κ1) is 18.0. The Morgan fingerprint density at radius 2 is 2.11 bits per heavy atom. The summed E-state index contributed by atoms with van der Waals surface area (Å²) in [4.78, 5) is 37.1. The average Bonchev–Trinajstić information content (AvgIpc) is 3.33. The summed E-state index contributed by atoms with van der Waals surface area (Å²) in [6.45, 7) is 2.46. The van der Waals surface area contributed by atoms with E-state index in [0.717, 1.165) is 81.5 Å². The summed E-state index contributed by atoms with van der Waals surface area (Å²) in [5.74, 6) is 0.268. The molecule has 5 rings (SSSR count). The lowest BCUT2D eigenvalue weighted by atomic mass is 9.75. The number of carbonyl (C=O) groups excluding carboxylic acids is 2. The van der Waals surface area contributed by atoms with Crippen LogP contribution >= 0.6 is 0 Å². The molecule has 0 radical (unpaired) electrons. The summed E-state index contributed by atoms with van der Waals surface area (Å²) in [7, 11) is 0. The second-order valence-corrected chi connectivity index (χ2v) is 8.67. The smallest absolute Gasteiger partial charge is 0.307 e. The van der Waals surface area contributed by atoms with Crippen molar-refractivity contribution in [3.63, 3.8) is 0 Å². The molecule has 0 aromatic carbocycles. The van der Waals surface area contributed by atoms with Gasteiger partial charge in [-0.15, -0.1) is 0 Å². The summed E-state index contributed by atoms with van der Waals surface area (Å²) in [5, 5.41) is 3.34. The zero-order valence-corrected chi connectivity index (χ0v) is 16.3. The van der Waals surface area contributed by atoms with Crippen molar-refractivity contribution < 1.29 is 14.3 Å². The van der Waals surface area contributed by atoms with E-state index in [1.807, 2.05) is 11.1 Å². The Balaban J connectivity index is 1.40. The molecule has 1 spiro atoms. The van der Waals surface area contributed by atoms with Crippen LogP contribution in [0.2, 0.25) is 0 Å². The van der Waals surface area contributed by atoms with Crippen LogP contribution < -0.4 is 5.32 Å². The van der Waals surface area contributed by atoms with Gasteiger partial charge in [0.1, 0.15) is 5.60 Å². The molecule has 2 atom stereocenters. The van der Waals surface area contributed by atoms with Crippen LogP contribution in [0.15, 0.2) is 6.20 Å². The Morgan fingerprint density at radius 3 is 2.96 bits per heavy atom. The highest BCUT2D eigenvalue weighted by molar-refractivity contribution is 5.88. The lowest BCUT2D eigenvalue weighted by molar-refractivity contribution is -0.156. The molecular weight excluding hydrogens is 356 g/mol. The third-order valence-electron chi connectivity index (χ3n) is 6.98. The van der Waals surface area contributed by atoms with Gasteiger partial charge in [0.15, 0.2) is 5.82 Å². The number of nitrogens with zero attached hydrogens (tertiary/aromatic N) is 3. The molecule has 150 valence electrons. The Morgan fingerprint density at radius 1 is 1.25 bits per heavy atom. The van der Waals surface area contributed by atoms with E-state index < -0.39 is 5.60 Å². The van der Waals surface area contributed by atoms with Gasteiger partial charge in [-0.1, -0.05) is 6.42 Å². The maximum atomic E-state index is 13.6. The molecule has 3 fully saturated rings. The van der Waals surface area contributed by atoms with Crippen LogP contribution in [0.1, 0.15) is 74.5 Å². The molecule has 7 nitrogen and oxygen atoms in total. The highest BCUT2D eigenvalue weighted by Crippen LogP contribution is 2.46. The number of nitrogens with one attached hydrogen (secondary N) is 1. The minimum atomic E-state index is -0.568. The fraction of sp³-hybridized carbons (Fsp3) is 0.714. The van der Waals surface area contributed by atoms with Gasteiger partial charge < -0.3 is 15.0 Å². The van der Waals surface area contributed by atoms with E-state index in [4.69, 9.17) is 9.72 Å². The number of amides is 1. The van der Waals surface area contributed by atoms with Gasteiger partial charge in [-0.25, -0.2) is 9.97 Å². The van der Waals surface area contributed by atoms with Crippen LogP contribution in [0.4, 0.5) is 0 Å². The summed E-state index contributed by atoms with van der Waals surface area (Å²) in [6, 6.07) is -0.0796. The lowest BCUT2D eigenvalue weighted by Gasteiger charge is -2.38. The third kappa shape index (κ3) is 3.00. The molecule has 4 aliphatic rings. The Kier molecular flexibility index (Phi) is 4.57. The fourth-order valence-electron chi connectivity index (χ4n) is 5.52. The molecule has 2 saturated heterocycles. The molecule has 28 heavy (non-hydrogen) atoms. The zero-order valence-electron chi connectivity index (χ0n) is 16.3. The van der Waals surface area contributed by atoms with E-state index in [2.05, 4.69) is 10.3 Å². The van der Waals surface area contributed by atoms with E-state index in [1.54, 1.807) is 0 Å². The van der Waals surface area contributed by atoms with Gasteiger partial charge in [0.2, 0.25) is 5.91 Å². The van der Waals surface area contributed by atoms with Gasteiger partial charge in [0.05, 0.1) is 18.4 Å². The van der Waals surface area contributed by atoms with Crippen molar-refractivity contribution in [2.75, 3.05) is 13.1 Å². The minimum Gasteiger partial charge on any atom is -0.458 e. The van der Waals surface area contributed by atoms with E-state index in [9.17, 15) is 9.59 Å². The molecule has 0 unspecified atom stereocenters. The summed E-state index contributed by atoms with van der Waals surface area (Å²) >= 11 is 0. The van der Waals surface area contributed by atoms with Crippen LogP contribution in [0.3, 0.4) is 0 Å². The maximum Gasteiger partial charge on any atom is 0.307 e. The van der Waals surface area contributed by atoms with Crippen molar-refractivity contribution in [2.24, 2.45) is 5.92 Å². The number of carbonyl (C=O) groups is 2. The van der Waals surface area contributed by atoms with Crippen molar-refractivity contribution >= 4 is 11.9 Å². The van der Waals surface area contributed by atoms with Crippen molar-refractivity contribution in [3.8, 4) is 0 Å². The first-order chi connectivity index (χ1) is 13.7. The molecule has 3 aliphatic heterocycles. The van der Waals surface area contributed by atoms with E-state index in [1.165, 1.54) is 0 Å².